The zero-order valence-electron chi connectivity index (χ0n) is 13.1. The molecule has 4 rings (SSSR count). The van der Waals surface area contributed by atoms with E-state index in [4.69, 9.17) is 4.74 Å². The van der Waals surface area contributed by atoms with Crippen LogP contribution in [0.25, 0.3) is 10.9 Å². The van der Waals surface area contributed by atoms with Gasteiger partial charge in [-0.2, -0.15) is 0 Å². The van der Waals surface area contributed by atoms with Gasteiger partial charge >= 0.3 is 0 Å². The lowest BCUT2D eigenvalue weighted by Crippen LogP contribution is -2.31. The zero-order chi connectivity index (χ0) is 15.8. The Morgan fingerprint density at radius 1 is 1.26 bits per heavy atom. The molecule has 2 heterocycles. The van der Waals surface area contributed by atoms with Crippen LogP contribution < -0.4 is 10.1 Å². The van der Waals surface area contributed by atoms with Gasteiger partial charge in [-0.15, -0.1) is 0 Å². The molecule has 1 aromatic heterocycles. The van der Waals surface area contributed by atoms with Crippen molar-refractivity contribution in [2.45, 2.75) is 18.9 Å². The highest BCUT2D eigenvalue weighted by Gasteiger charge is 2.23. The number of hydrogen-bond acceptors (Lipinski definition) is 3. The lowest BCUT2D eigenvalue weighted by Gasteiger charge is -2.27. The number of aromatic nitrogens is 1. The van der Waals surface area contributed by atoms with Crippen LogP contribution in [0.15, 0.2) is 42.6 Å². The van der Waals surface area contributed by atoms with E-state index >= 15 is 0 Å². The number of H-pyrrole nitrogens is 1. The van der Waals surface area contributed by atoms with E-state index < -0.39 is 0 Å². The molecule has 4 nitrogen and oxygen atoms in total. The number of hydrogen-bond donors (Lipinski definition) is 3. The molecule has 1 aliphatic rings. The maximum Gasteiger partial charge on any atom is 0.160 e. The smallest absolute Gasteiger partial charge is 0.160 e. The van der Waals surface area contributed by atoms with Crippen LogP contribution in [0.4, 0.5) is 0 Å². The van der Waals surface area contributed by atoms with E-state index in [-0.39, 0.29) is 11.8 Å². The summed E-state index contributed by atoms with van der Waals surface area (Å²) in [6.45, 7) is 0.922. The predicted molar refractivity (Wildman–Crippen MR) is 91.1 cm³/mol. The van der Waals surface area contributed by atoms with Crippen molar-refractivity contribution in [2.75, 3.05) is 13.7 Å². The number of rotatable bonds is 3. The Morgan fingerprint density at radius 3 is 3.00 bits per heavy atom. The van der Waals surface area contributed by atoms with Crippen molar-refractivity contribution in [3.8, 4) is 11.5 Å². The SMILES string of the molecule is COc1cc2c(cc1O)CCNC2Cc1c[nH]c2ccccc12. The van der Waals surface area contributed by atoms with Gasteiger partial charge in [0.15, 0.2) is 11.5 Å². The van der Waals surface area contributed by atoms with Crippen molar-refractivity contribution in [3.63, 3.8) is 0 Å². The van der Waals surface area contributed by atoms with E-state index in [9.17, 15) is 5.11 Å². The van der Waals surface area contributed by atoms with Crippen LogP contribution in [0.1, 0.15) is 22.7 Å². The minimum atomic E-state index is 0.221. The molecule has 0 bridgehead atoms. The van der Waals surface area contributed by atoms with Gasteiger partial charge in [0.25, 0.3) is 0 Å². The van der Waals surface area contributed by atoms with Gasteiger partial charge < -0.3 is 20.1 Å². The largest absolute Gasteiger partial charge is 0.504 e. The van der Waals surface area contributed by atoms with Crippen molar-refractivity contribution in [1.82, 2.24) is 10.3 Å². The van der Waals surface area contributed by atoms with E-state index in [1.165, 1.54) is 27.6 Å². The molecule has 1 atom stereocenters. The Bertz CT molecular complexity index is 854. The molecule has 1 unspecified atom stereocenters. The number of ether oxygens (including phenoxy) is 1. The molecular formula is C19H20N2O2. The minimum Gasteiger partial charge on any atom is -0.504 e. The predicted octanol–water partition coefficient (Wildman–Crippen LogP) is 3.31. The normalized spacial score (nSPS) is 17.2. The van der Waals surface area contributed by atoms with Crippen LogP contribution in [-0.2, 0) is 12.8 Å². The molecule has 118 valence electrons. The number of benzene rings is 2. The molecule has 3 N–H and O–H groups in total. The molecule has 23 heavy (non-hydrogen) atoms. The van der Waals surface area contributed by atoms with Crippen LogP contribution in [0.3, 0.4) is 0 Å². The lowest BCUT2D eigenvalue weighted by molar-refractivity contribution is 0.370. The van der Waals surface area contributed by atoms with E-state index in [1.54, 1.807) is 7.11 Å². The molecule has 0 amide bonds. The monoisotopic (exact) mass is 308 g/mol. The number of methoxy groups -OCH3 is 1. The third-order valence-electron chi connectivity index (χ3n) is 4.70. The first kappa shape index (κ1) is 14.2. The first-order valence-corrected chi connectivity index (χ1v) is 7.94. The summed E-state index contributed by atoms with van der Waals surface area (Å²) in [5.41, 5.74) is 4.89. The average molecular weight is 308 g/mol. The summed E-state index contributed by atoms with van der Waals surface area (Å²) in [5.74, 6) is 0.760. The van der Waals surface area contributed by atoms with Gasteiger partial charge in [-0.25, -0.2) is 0 Å². The van der Waals surface area contributed by atoms with E-state index in [1.807, 2.05) is 18.2 Å². The van der Waals surface area contributed by atoms with Crippen molar-refractivity contribution >= 4 is 10.9 Å². The van der Waals surface area contributed by atoms with Crippen LogP contribution >= 0.6 is 0 Å². The second-order valence-electron chi connectivity index (χ2n) is 6.04. The third kappa shape index (κ3) is 2.45. The number of aromatic hydroxyl groups is 1. The molecule has 0 radical (unpaired) electrons. The standard InChI is InChI=1S/C19H20N2O2/c1-23-19-10-15-12(9-18(19)22)6-7-20-17(15)8-13-11-21-16-5-3-2-4-14(13)16/h2-5,9-11,17,20-22H,6-8H2,1H3. The maximum absolute atomic E-state index is 10.0. The molecule has 0 spiro atoms. The van der Waals surface area contributed by atoms with Gasteiger partial charge in [0, 0.05) is 23.1 Å². The summed E-state index contributed by atoms with van der Waals surface area (Å²) in [6, 6.07) is 12.4. The third-order valence-corrected chi connectivity index (χ3v) is 4.70. The fraction of sp³-hybridized carbons (Fsp3) is 0.263. The van der Waals surface area contributed by atoms with Crippen LogP contribution in [0.5, 0.6) is 11.5 Å². The van der Waals surface area contributed by atoms with E-state index in [0.717, 1.165) is 19.4 Å². The van der Waals surface area contributed by atoms with Gasteiger partial charge in [-0.3, -0.25) is 0 Å². The molecule has 1 aliphatic heterocycles. The minimum absolute atomic E-state index is 0.221. The highest BCUT2D eigenvalue weighted by molar-refractivity contribution is 5.83. The van der Waals surface area contributed by atoms with E-state index in [2.05, 4.69) is 34.7 Å². The van der Waals surface area contributed by atoms with Crippen LogP contribution in [0.2, 0.25) is 0 Å². The Balaban J connectivity index is 1.71. The van der Waals surface area contributed by atoms with Crippen molar-refractivity contribution in [1.29, 1.82) is 0 Å². The molecule has 0 aliphatic carbocycles. The first-order valence-electron chi connectivity index (χ1n) is 7.94. The van der Waals surface area contributed by atoms with Gasteiger partial charge in [0.2, 0.25) is 0 Å². The number of phenolic OH excluding ortho intramolecular Hbond substituents is 1. The van der Waals surface area contributed by atoms with Gasteiger partial charge in [-0.05, 0) is 54.3 Å². The fourth-order valence-electron chi connectivity index (χ4n) is 3.53. The summed E-state index contributed by atoms with van der Waals surface area (Å²) in [7, 11) is 1.59. The molecule has 3 aromatic rings. The summed E-state index contributed by atoms with van der Waals surface area (Å²) in [6.07, 6.45) is 3.93. The molecular weight excluding hydrogens is 288 g/mol. The van der Waals surface area contributed by atoms with Crippen molar-refractivity contribution < 1.29 is 9.84 Å². The second-order valence-corrected chi connectivity index (χ2v) is 6.04. The molecule has 0 saturated heterocycles. The maximum atomic E-state index is 10.0. The summed E-state index contributed by atoms with van der Waals surface area (Å²) < 4.78 is 5.28. The number of fused-ring (bicyclic) bond motifs is 2. The van der Waals surface area contributed by atoms with Gasteiger partial charge in [0.05, 0.1) is 7.11 Å². The van der Waals surface area contributed by atoms with Crippen LogP contribution in [0, 0.1) is 0 Å². The Morgan fingerprint density at radius 2 is 2.13 bits per heavy atom. The Hall–Kier alpha value is -2.46. The van der Waals surface area contributed by atoms with Crippen LogP contribution in [-0.4, -0.2) is 23.7 Å². The van der Waals surface area contributed by atoms with E-state index in [0.29, 0.717) is 5.75 Å². The summed E-state index contributed by atoms with van der Waals surface area (Å²) in [4.78, 5) is 3.34. The Labute approximate surface area is 135 Å². The lowest BCUT2D eigenvalue weighted by atomic mass is 9.90. The number of para-hydroxylation sites is 1. The fourth-order valence-corrected chi connectivity index (χ4v) is 3.53. The zero-order valence-corrected chi connectivity index (χ0v) is 13.1. The highest BCUT2D eigenvalue weighted by Crippen LogP contribution is 2.36. The van der Waals surface area contributed by atoms with Gasteiger partial charge in [-0.1, -0.05) is 18.2 Å². The first-order chi connectivity index (χ1) is 11.3. The summed E-state index contributed by atoms with van der Waals surface area (Å²) in [5, 5.41) is 14.9. The quantitative estimate of drug-likeness (QED) is 0.696. The topological polar surface area (TPSA) is 57.3 Å². The molecule has 0 fully saturated rings. The average Bonchev–Trinajstić information content (AvgIpc) is 2.98. The number of aromatic amines is 1. The molecule has 2 aromatic carbocycles. The second kappa shape index (κ2) is 5.63. The number of nitrogens with one attached hydrogen (secondary N) is 2. The number of phenols is 1. The molecule has 0 saturated carbocycles. The summed E-state index contributed by atoms with van der Waals surface area (Å²) >= 11 is 0. The Kier molecular flexibility index (Phi) is 3.46. The van der Waals surface area contributed by atoms with Crippen molar-refractivity contribution in [3.05, 3.63) is 59.3 Å². The molecule has 4 heteroatoms. The van der Waals surface area contributed by atoms with Crippen molar-refractivity contribution in [2.24, 2.45) is 0 Å². The van der Waals surface area contributed by atoms with Gasteiger partial charge in [0.1, 0.15) is 0 Å². The highest BCUT2D eigenvalue weighted by atomic mass is 16.5.